The Bertz CT molecular complexity index is 1300. The third-order valence-corrected chi connectivity index (χ3v) is 9.00. The number of ether oxygens (including phenoxy) is 2. The van der Waals surface area contributed by atoms with Crippen molar-refractivity contribution in [2.75, 3.05) is 6.61 Å². The molecule has 0 aliphatic carbocycles. The highest BCUT2D eigenvalue weighted by atomic mass is 16.7. The Labute approximate surface area is 269 Å². The number of nitrogens with one attached hydrogen (secondary N) is 2. The number of ketones is 2. The number of carbonyl (C=O) groups excluding carboxylic acids is 2. The average molecular weight is 625 g/mol. The van der Waals surface area contributed by atoms with Gasteiger partial charge in [0.05, 0.1) is 13.0 Å². The SMILES string of the molecule is CCCCC=CCCCCC(C)(C)C(=O)c1cc[nH]c1CCCC(CC(=O)O)c1[nH]ccc1C(=O)C1OC(C)(C)OCC1(C)C. The lowest BCUT2D eigenvalue weighted by Crippen LogP contribution is -2.53. The summed E-state index contributed by atoms with van der Waals surface area (Å²) in [5, 5.41) is 9.76. The van der Waals surface area contributed by atoms with Crippen LogP contribution in [0.1, 0.15) is 151 Å². The molecule has 0 amide bonds. The summed E-state index contributed by atoms with van der Waals surface area (Å²) in [7, 11) is 0. The number of H-pyrrole nitrogens is 2. The Kier molecular flexibility index (Phi) is 13.0. The standard InChI is InChI=1S/C37H56N2O6/c1-8-9-10-11-12-13-14-15-21-35(2,3)33(43)27-19-22-38-29(27)18-16-17-26(24-30(40)41)31-28(20-23-39-31)32(42)34-36(4,5)25-44-37(6,7)45-34/h11-12,19-20,22-23,26,34,38-39H,8-10,13-18,21,24-25H2,1-7H3,(H,40,41). The molecule has 1 saturated heterocycles. The number of aliphatic carboxylic acids is 1. The Balaban J connectivity index is 1.64. The number of allylic oxidation sites excluding steroid dienone is 2. The van der Waals surface area contributed by atoms with Gasteiger partial charge in [0.2, 0.25) is 0 Å². The van der Waals surface area contributed by atoms with Crippen LogP contribution in [0.5, 0.6) is 0 Å². The second-order valence-electron chi connectivity index (χ2n) is 14.5. The number of rotatable bonds is 19. The fourth-order valence-corrected chi connectivity index (χ4v) is 6.17. The van der Waals surface area contributed by atoms with Crippen molar-refractivity contribution in [3.8, 4) is 0 Å². The van der Waals surface area contributed by atoms with E-state index in [0.717, 1.165) is 37.8 Å². The van der Waals surface area contributed by atoms with Gasteiger partial charge >= 0.3 is 5.97 Å². The van der Waals surface area contributed by atoms with Crippen LogP contribution in [0, 0.1) is 10.8 Å². The van der Waals surface area contributed by atoms with Gasteiger partial charge in [-0.1, -0.05) is 66.0 Å². The molecule has 0 aromatic carbocycles. The van der Waals surface area contributed by atoms with Crippen molar-refractivity contribution in [1.29, 1.82) is 0 Å². The second-order valence-corrected chi connectivity index (χ2v) is 14.5. The maximum absolute atomic E-state index is 13.8. The van der Waals surface area contributed by atoms with E-state index in [4.69, 9.17) is 9.47 Å². The topological polar surface area (TPSA) is 121 Å². The van der Waals surface area contributed by atoms with E-state index < -0.39 is 34.6 Å². The van der Waals surface area contributed by atoms with Crippen LogP contribution in [0.15, 0.2) is 36.7 Å². The molecule has 0 radical (unpaired) electrons. The summed E-state index contributed by atoms with van der Waals surface area (Å²) in [6, 6.07) is 3.59. The number of carbonyl (C=O) groups is 3. The molecule has 8 nitrogen and oxygen atoms in total. The Hall–Kier alpha value is -2.97. The van der Waals surface area contributed by atoms with E-state index >= 15 is 0 Å². The summed E-state index contributed by atoms with van der Waals surface area (Å²) < 4.78 is 11.9. The molecule has 1 fully saturated rings. The number of aromatic amines is 2. The van der Waals surface area contributed by atoms with E-state index in [1.54, 1.807) is 26.1 Å². The summed E-state index contributed by atoms with van der Waals surface area (Å²) in [6.45, 7) is 14.1. The molecule has 45 heavy (non-hydrogen) atoms. The van der Waals surface area contributed by atoms with Crippen molar-refractivity contribution in [2.45, 2.75) is 137 Å². The first-order valence-electron chi connectivity index (χ1n) is 16.8. The van der Waals surface area contributed by atoms with Gasteiger partial charge in [0.25, 0.3) is 0 Å². The highest BCUT2D eigenvalue weighted by molar-refractivity contribution is 6.02. The Morgan fingerprint density at radius 1 is 1.00 bits per heavy atom. The first-order chi connectivity index (χ1) is 21.2. The predicted octanol–water partition coefficient (Wildman–Crippen LogP) is 8.80. The van der Waals surface area contributed by atoms with Gasteiger partial charge in [0.1, 0.15) is 6.10 Å². The van der Waals surface area contributed by atoms with Gasteiger partial charge in [0.15, 0.2) is 17.4 Å². The number of aromatic nitrogens is 2. The minimum absolute atomic E-state index is 0.109. The van der Waals surface area contributed by atoms with Gasteiger partial charge in [-0.2, -0.15) is 0 Å². The lowest BCUT2D eigenvalue weighted by molar-refractivity contribution is -0.298. The zero-order chi connectivity index (χ0) is 33.3. The van der Waals surface area contributed by atoms with E-state index in [1.807, 2.05) is 40.0 Å². The van der Waals surface area contributed by atoms with Crippen LogP contribution in [0.4, 0.5) is 0 Å². The normalized spacial score (nSPS) is 18.7. The fourth-order valence-electron chi connectivity index (χ4n) is 6.17. The smallest absolute Gasteiger partial charge is 0.304 e. The zero-order valence-corrected chi connectivity index (χ0v) is 28.6. The summed E-state index contributed by atoms with van der Waals surface area (Å²) >= 11 is 0. The third kappa shape index (κ3) is 10.3. The molecular weight excluding hydrogens is 568 g/mol. The fraction of sp³-hybridized carbons (Fsp3) is 0.649. The molecule has 250 valence electrons. The third-order valence-electron chi connectivity index (χ3n) is 9.00. The van der Waals surface area contributed by atoms with Crippen molar-refractivity contribution in [2.24, 2.45) is 10.8 Å². The Morgan fingerprint density at radius 3 is 2.36 bits per heavy atom. The van der Waals surface area contributed by atoms with Gasteiger partial charge in [-0.25, -0.2) is 0 Å². The van der Waals surface area contributed by atoms with Crippen molar-refractivity contribution < 1.29 is 29.0 Å². The molecule has 0 bridgehead atoms. The molecule has 1 aliphatic rings. The number of carboxylic acids is 1. The summed E-state index contributed by atoms with van der Waals surface area (Å²) in [5.74, 6) is -2.24. The number of hydrogen-bond acceptors (Lipinski definition) is 5. The molecule has 8 heteroatoms. The van der Waals surface area contributed by atoms with E-state index in [2.05, 4.69) is 29.0 Å². The number of Topliss-reactive ketones (excluding diaryl/α,β-unsaturated/α-hetero) is 2. The largest absolute Gasteiger partial charge is 0.481 e. The number of unbranched alkanes of at least 4 members (excludes halogenated alkanes) is 4. The highest BCUT2D eigenvalue weighted by Crippen LogP contribution is 2.38. The average Bonchev–Trinajstić information content (AvgIpc) is 3.64. The van der Waals surface area contributed by atoms with Crippen LogP contribution in [-0.4, -0.2) is 51.1 Å². The molecule has 2 unspecified atom stereocenters. The highest BCUT2D eigenvalue weighted by Gasteiger charge is 2.46. The van der Waals surface area contributed by atoms with E-state index in [9.17, 15) is 19.5 Å². The second kappa shape index (κ2) is 16.0. The van der Waals surface area contributed by atoms with Crippen LogP contribution >= 0.6 is 0 Å². The summed E-state index contributed by atoms with van der Waals surface area (Å²) in [4.78, 5) is 45.8. The van der Waals surface area contributed by atoms with E-state index in [1.165, 1.54) is 12.8 Å². The van der Waals surface area contributed by atoms with Crippen LogP contribution in [0.25, 0.3) is 0 Å². The van der Waals surface area contributed by atoms with Crippen LogP contribution < -0.4 is 0 Å². The first kappa shape index (κ1) is 36.5. The molecule has 3 rings (SSSR count). The van der Waals surface area contributed by atoms with Crippen molar-refractivity contribution in [1.82, 2.24) is 9.97 Å². The molecule has 2 aromatic rings. The summed E-state index contributed by atoms with van der Waals surface area (Å²) in [6.07, 6.45) is 16.5. The molecule has 1 aliphatic heterocycles. The van der Waals surface area contributed by atoms with Gasteiger partial charge in [0, 0.05) is 51.7 Å². The van der Waals surface area contributed by atoms with E-state index in [-0.39, 0.29) is 18.0 Å². The first-order valence-corrected chi connectivity index (χ1v) is 16.8. The van der Waals surface area contributed by atoms with E-state index in [0.29, 0.717) is 42.7 Å². The van der Waals surface area contributed by atoms with Gasteiger partial charge in [-0.15, -0.1) is 0 Å². The molecule has 2 atom stereocenters. The molecule has 3 heterocycles. The monoisotopic (exact) mass is 624 g/mol. The molecule has 0 saturated carbocycles. The van der Waals surface area contributed by atoms with Crippen molar-refractivity contribution >= 4 is 17.5 Å². The molecule has 0 spiro atoms. The van der Waals surface area contributed by atoms with Crippen LogP contribution in [-0.2, 0) is 20.7 Å². The quantitative estimate of drug-likeness (QED) is 0.0816. The predicted molar refractivity (Wildman–Crippen MR) is 178 cm³/mol. The number of aryl methyl sites for hydroxylation is 1. The summed E-state index contributed by atoms with van der Waals surface area (Å²) in [5.41, 5.74) is 1.66. The molecule has 3 N–H and O–H groups in total. The number of carboxylic acid groups (broad SMARTS) is 1. The zero-order valence-electron chi connectivity index (χ0n) is 28.6. The van der Waals surface area contributed by atoms with Gasteiger partial charge in [-0.05, 0) is 70.9 Å². The Morgan fingerprint density at radius 2 is 1.67 bits per heavy atom. The lowest BCUT2D eigenvalue weighted by Gasteiger charge is -2.45. The van der Waals surface area contributed by atoms with Gasteiger partial charge in [-0.3, -0.25) is 14.4 Å². The van der Waals surface area contributed by atoms with Gasteiger partial charge < -0.3 is 24.5 Å². The van der Waals surface area contributed by atoms with Crippen LogP contribution in [0.2, 0.25) is 0 Å². The number of hydrogen-bond donors (Lipinski definition) is 3. The molecular formula is C37H56N2O6. The van der Waals surface area contributed by atoms with Crippen LogP contribution in [0.3, 0.4) is 0 Å². The minimum atomic E-state index is -0.925. The molecule has 2 aromatic heterocycles. The maximum atomic E-state index is 13.8. The van der Waals surface area contributed by atoms with Crippen molar-refractivity contribution in [3.63, 3.8) is 0 Å². The van der Waals surface area contributed by atoms with Crippen molar-refractivity contribution in [3.05, 3.63) is 59.2 Å². The minimum Gasteiger partial charge on any atom is -0.481 e. The lowest BCUT2D eigenvalue weighted by atomic mass is 9.79. The maximum Gasteiger partial charge on any atom is 0.304 e.